The Morgan fingerprint density at radius 2 is 1.83 bits per heavy atom. The van der Waals surface area contributed by atoms with Gasteiger partial charge in [-0.15, -0.1) is 11.3 Å². The van der Waals surface area contributed by atoms with Crippen molar-refractivity contribution in [1.82, 2.24) is 4.90 Å². The minimum Gasteiger partial charge on any atom is -0.493 e. The zero-order chi connectivity index (χ0) is 20.4. The predicted octanol–water partition coefficient (Wildman–Crippen LogP) is 5.25. The summed E-state index contributed by atoms with van der Waals surface area (Å²) in [7, 11) is 3.28. The molecule has 0 aliphatic carbocycles. The number of methoxy groups -OCH3 is 2. The van der Waals surface area contributed by atoms with Crippen LogP contribution in [0.2, 0.25) is 0 Å². The third-order valence-electron chi connectivity index (χ3n) is 5.25. The third-order valence-corrected chi connectivity index (χ3v) is 6.17. The van der Waals surface area contributed by atoms with Crippen molar-refractivity contribution >= 4 is 23.1 Å². The Morgan fingerprint density at radius 3 is 2.48 bits per heavy atom. The van der Waals surface area contributed by atoms with Gasteiger partial charge >= 0.3 is 6.03 Å². The van der Waals surface area contributed by atoms with Crippen LogP contribution in [-0.2, 0) is 6.42 Å². The Balaban J connectivity index is 1.71. The van der Waals surface area contributed by atoms with E-state index < -0.39 is 0 Å². The van der Waals surface area contributed by atoms with Crippen LogP contribution in [0, 0.1) is 6.92 Å². The second kappa shape index (κ2) is 8.17. The quantitative estimate of drug-likeness (QED) is 0.641. The van der Waals surface area contributed by atoms with Crippen molar-refractivity contribution in [2.45, 2.75) is 19.4 Å². The third kappa shape index (κ3) is 3.80. The van der Waals surface area contributed by atoms with E-state index in [-0.39, 0.29) is 12.1 Å². The first-order chi connectivity index (χ1) is 14.1. The largest absolute Gasteiger partial charge is 0.493 e. The number of fused-ring (bicyclic) bond motifs is 1. The molecule has 2 amide bonds. The van der Waals surface area contributed by atoms with Crippen molar-refractivity contribution in [3.05, 3.63) is 75.5 Å². The highest BCUT2D eigenvalue weighted by atomic mass is 32.1. The molecule has 1 atom stereocenters. The van der Waals surface area contributed by atoms with Gasteiger partial charge in [-0.25, -0.2) is 4.79 Å². The molecule has 2 aromatic carbocycles. The highest BCUT2D eigenvalue weighted by molar-refractivity contribution is 7.10. The van der Waals surface area contributed by atoms with E-state index in [2.05, 4.69) is 11.4 Å². The number of ether oxygens (including phenoxy) is 2. The fraction of sp³-hybridized carbons (Fsp3) is 0.261. The first kappa shape index (κ1) is 19.3. The molecule has 1 unspecified atom stereocenters. The minimum absolute atomic E-state index is 0.104. The Labute approximate surface area is 174 Å². The van der Waals surface area contributed by atoms with E-state index in [0.717, 1.165) is 28.1 Å². The lowest BCUT2D eigenvalue weighted by Crippen LogP contribution is -2.42. The molecule has 4 rings (SSSR count). The van der Waals surface area contributed by atoms with Crippen LogP contribution in [0.15, 0.2) is 53.9 Å². The Bertz CT molecular complexity index is 1000. The van der Waals surface area contributed by atoms with Crippen LogP contribution in [-0.4, -0.2) is 31.7 Å². The summed E-state index contributed by atoms with van der Waals surface area (Å²) in [5.41, 5.74) is 4.21. The highest BCUT2D eigenvalue weighted by Gasteiger charge is 2.34. The van der Waals surface area contributed by atoms with Gasteiger partial charge in [0.25, 0.3) is 0 Å². The van der Waals surface area contributed by atoms with E-state index >= 15 is 0 Å². The molecular formula is C23H24N2O3S. The number of carbonyl (C=O) groups is 1. The molecular weight excluding hydrogens is 384 g/mol. The number of urea groups is 1. The Morgan fingerprint density at radius 1 is 1.10 bits per heavy atom. The SMILES string of the molecule is COc1cc2c(cc1OC)C(c1cccs1)N(C(=O)Nc1ccc(C)cc1)CC2. The molecule has 2 heterocycles. The lowest BCUT2D eigenvalue weighted by atomic mass is 9.91. The fourth-order valence-corrected chi connectivity index (χ4v) is 4.60. The van der Waals surface area contributed by atoms with Gasteiger partial charge in [0.15, 0.2) is 11.5 Å². The second-order valence-corrected chi connectivity index (χ2v) is 8.04. The molecule has 0 fully saturated rings. The molecule has 29 heavy (non-hydrogen) atoms. The Kier molecular flexibility index (Phi) is 5.45. The van der Waals surface area contributed by atoms with Crippen molar-refractivity contribution in [3.8, 4) is 11.5 Å². The maximum atomic E-state index is 13.2. The standard InChI is InChI=1S/C23H24N2O3S/c1-15-6-8-17(9-7-15)24-23(26)25-11-10-16-13-19(27-2)20(28-3)14-18(16)22(25)21-5-4-12-29-21/h4-9,12-14,22H,10-11H2,1-3H3,(H,24,26). The van der Waals surface area contributed by atoms with Gasteiger partial charge in [0.05, 0.1) is 20.3 Å². The van der Waals surface area contributed by atoms with Gasteiger partial charge in [-0.3, -0.25) is 0 Å². The average Bonchev–Trinajstić information content (AvgIpc) is 3.27. The second-order valence-electron chi connectivity index (χ2n) is 7.06. The maximum Gasteiger partial charge on any atom is 0.322 e. The molecule has 5 nitrogen and oxygen atoms in total. The number of hydrogen-bond acceptors (Lipinski definition) is 4. The monoisotopic (exact) mass is 408 g/mol. The van der Waals surface area contributed by atoms with E-state index in [4.69, 9.17) is 9.47 Å². The van der Waals surface area contributed by atoms with Crippen LogP contribution in [0.25, 0.3) is 0 Å². The summed E-state index contributed by atoms with van der Waals surface area (Å²) in [5, 5.41) is 5.09. The summed E-state index contributed by atoms with van der Waals surface area (Å²) in [6, 6.07) is 15.7. The first-order valence-electron chi connectivity index (χ1n) is 9.53. The van der Waals surface area contributed by atoms with Gasteiger partial charge < -0.3 is 19.7 Å². The number of amides is 2. The van der Waals surface area contributed by atoms with Crippen LogP contribution in [0.4, 0.5) is 10.5 Å². The van der Waals surface area contributed by atoms with Gasteiger partial charge in [-0.05, 0) is 60.2 Å². The molecule has 1 aliphatic heterocycles. The zero-order valence-electron chi connectivity index (χ0n) is 16.8. The summed E-state index contributed by atoms with van der Waals surface area (Å²) in [5.74, 6) is 1.39. The van der Waals surface area contributed by atoms with Crippen molar-refractivity contribution in [1.29, 1.82) is 0 Å². The van der Waals surface area contributed by atoms with Crippen LogP contribution < -0.4 is 14.8 Å². The van der Waals surface area contributed by atoms with E-state index in [9.17, 15) is 4.79 Å². The number of nitrogens with one attached hydrogen (secondary N) is 1. The fourth-order valence-electron chi connectivity index (χ4n) is 3.75. The van der Waals surface area contributed by atoms with Crippen molar-refractivity contribution < 1.29 is 14.3 Å². The van der Waals surface area contributed by atoms with Crippen molar-refractivity contribution in [3.63, 3.8) is 0 Å². The minimum atomic E-state index is -0.163. The lowest BCUT2D eigenvalue weighted by Gasteiger charge is -2.37. The normalized spacial score (nSPS) is 15.6. The number of anilines is 1. The number of carbonyl (C=O) groups excluding carboxylic acids is 1. The summed E-state index contributed by atoms with van der Waals surface area (Å²) < 4.78 is 11.0. The molecule has 0 spiro atoms. The molecule has 1 aliphatic rings. The maximum absolute atomic E-state index is 13.2. The number of rotatable bonds is 4. The van der Waals surface area contributed by atoms with Crippen LogP contribution in [0.1, 0.15) is 27.6 Å². The molecule has 1 aromatic heterocycles. The highest BCUT2D eigenvalue weighted by Crippen LogP contribution is 2.42. The van der Waals surface area contributed by atoms with Crippen molar-refractivity contribution in [2.75, 3.05) is 26.1 Å². The molecule has 0 bridgehead atoms. The smallest absolute Gasteiger partial charge is 0.322 e. The molecule has 3 aromatic rings. The summed E-state index contributed by atoms with van der Waals surface area (Å²) >= 11 is 1.65. The number of benzene rings is 2. The number of nitrogens with zero attached hydrogens (tertiary/aromatic N) is 1. The molecule has 0 saturated carbocycles. The number of hydrogen-bond donors (Lipinski definition) is 1. The van der Waals surface area contributed by atoms with Crippen molar-refractivity contribution in [2.24, 2.45) is 0 Å². The molecule has 1 N–H and O–H groups in total. The Hall–Kier alpha value is -2.99. The van der Waals surface area contributed by atoms with Gasteiger partial charge in [0.2, 0.25) is 0 Å². The molecule has 6 heteroatoms. The summed E-state index contributed by atoms with van der Waals surface area (Å²) in [6.45, 7) is 2.66. The predicted molar refractivity (Wildman–Crippen MR) is 116 cm³/mol. The van der Waals surface area contributed by atoms with Gasteiger partial charge in [-0.1, -0.05) is 23.8 Å². The van der Waals surface area contributed by atoms with Crippen LogP contribution >= 0.6 is 11.3 Å². The zero-order valence-corrected chi connectivity index (χ0v) is 17.6. The van der Waals surface area contributed by atoms with E-state index in [0.29, 0.717) is 18.0 Å². The lowest BCUT2D eigenvalue weighted by molar-refractivity contribution is 0.194. The number of thiophene rings is 1. The van der Waals surface area contributed by atoms with Crippen LogP contribution in [0.3, 0.4) is 0 Å². The van der Waals surface area contributed by atoms with Gasteiger partial charge in [-0.2, -0.15) is 0 Å². The number of aryl methyl sites for hydroxylation is 1. The van der Waals surface area contributed by atoms with E-state index in [1.165, 1.54) is 5.56 Å². The van der Waals surface area contributed by atoms with Gasteiger partial charge in [0.1, 0.15) is 0 Å². The molecule has 0 radical (unpaired) electrons. The first-order valence-corrected chi connectivity index (χ1v) is 10.4. The van der Waals surface area contributed by atoms with E-state index in [1.807, 2.05) is 59.7 Å². The summed E-state index contributed by atoms with van der Waals surface area (Å²) in [4.78, 5) is 16.2. The van der Waals surface area contributed by atoms with Crippen LogP contribution in [0.5, 0.6) is 11.5 Å². The molecule has 150 valence electrons. The molecule has 0 saturated heterocycles. The van der Waals surface area contributed by atoms with E-state index in [1.54, 1.807) is 25.6 Å². The average molecular weight is 409 g/mol. The van der Waals surface area contributed by atoms with Gasteiger partial charge in [0, 0.05) is 17.1 Å². The topological polar surface area (TPSA) is 50.8 Å². The summed E-state index contributed by atoms with van der Waals surface area (Å²) in [6.07, 6.45) is 0.763.